The highest BCUT2D eigenvalue weighted by molar-refractivity contribution is 7.89. The lowest BCUT2D eigenvalue weighted by atomic mass is 10.2. The summed E-state index contributed by atoms with van der Waals surface area (Å²) in [4.78, 5) is 23.5. The lowest BCUT2D eigenvalue weighted by molar-refractivity contribution is -0.119. The van der Waals surface area contributed by atoms with E-state index in [1.165, 1.54) is 12.1 Å². The minimum atomic E-state index is -3.89. The van der Waals surface area contributed by atoms with Crippen LogP contribution in [0.5, 0.6) is 0 Å². The smallest absolute Gasteiger partial charge is 0.341 e. The molecule has 0 spiro atoms. The molecule has 10 heteroatoms. The third-order valence-corrected chi connectivity index (χ3v) is 4.96. The van der Waals surface area contributed by atoms with Gasteiger partial charge in [-0.3, -0.25) is 4.79 Å². The summed E-state index contributed by atoms with van der Waals surface area (Å²) in [5.41, 5.74) is 0.150. The van der Waals surface area contributed by atoms with Crippen molar-refractivity contribution in [1.82, 2.24) is 4.72 Å². The van der Waals surface area contributed by atoms with Crippen molar-refractivity contribution < 1.29 is 31.5 Å². The number of esters is 1. The number of amides is 1. The topological polar surface area (TPSA) is 102 Å². The van der Waals surface area contributed by atoms with Crippen molar-refractivity contribution in [3.8, 4) is 0 Å². The number of carbonyl (C=O) groups is 2. The number of benzene rings is 2. The van der Waals surface area contributed by atoms with Gasteiger partial charge in [-0.05, 0) is 49.9 Å². The quantitative estimate of drug-likeness (QED) is 0.725. The van der Waals surface area contributed by atoms with E-state index < -0.39 is 45.7 Å². The number of carbonyl (C=O) groups excluding carboxylic acids is 2. The summed E-state index contributed by atoms with van der Waals surface area (Å²) in [5, 5.41) is 2.36. The molecule has 0 fully saturated rings. The Morgan fingerprint density at radius 3 is 2.48 bits per heavy atom. The highest BCUT2D eigenvalue weighted by Crippen LogP contribution is 2.17. The molecule has 0 atom stereocenters. The van der Waals surface area contributed by atoms with E-state index in [4.69, 9.17) is 4.74 Å². The second-order valence-corrected chi connectivity index (χ2v) is 7.32. The van der Waals surface area contributed by atoms with Crippen LogP contribution in [0.25, 0.3) is 0 Å². The van der Waals surface area contributed by atoms with E-state index in [0.29, 0.717) is 5.56 Å². The molecule has 0 aromatic heterocycles. The predicted molar refractivity (Wildman–Crippen MR) is 92.7 cm³/mol. The summed E-state index contributed by atoms with van der Waals surface area (Å²) in [5.74, 6) is -3.54. The fourth-order valence-corrected chi connectivity index (χ4v) is 2.83. The summed E-state index contributed by atoms with van der Waals surface area (Å²) in [6.45, 7) is 0.876. The van der Waals surface area contributed by atoms with Gasteiger partial charge in [-0.25, -0.2) is 26.7 Å². The molecule has 0 unspecified atom stereocenters. The molecule has 0 aliphatic carbocycles. The molecular formula is C17H16F2N2O5S. The van der Waals surface area contributed by atoms with Crippen LogP contribution in [0, 0.1) is 18.6 Å². The molecule has 2 aromatic carbocycles. The van der Waals surface area contributed by atoms with Crippen LogP contribution >= 0.6 is 0 Å². The van der Waals surface area contributed by atoms with E-state index in [0.717, 1.165) is 31.3 Å². The standard InChI is InChI=1S/C17H16F2N2O5S/c1-10-3-4-11(18)7-15(10)21-16(22)9-26-17(23)13-8-12(5-6-14(13)19)27(24,25)20-2/h3-8,20H,9H2,1-2H3,(H,21,22). The number of anilines is 1. The molecule has 2 N–H and O–H groups in total. The van der Waals surface area contributed by atoms with Gasteiger partial charge in [0.15, 0.2) is 6.61 Å². The average Bonchev–Trinajstić information content (AvgIpc) is 2.63. The third kappa shape index (κ3) is 5.08. The number of hydrogen-bond acceptors (Lipinski definition) is 5. The number of nitrogens with one attached hydrogen (secondary N) is 2. The van der Waals surface area contributed by atoms with Gasteiger partial charge in [-0.15, -0.1) is 0 Å². The van der Waals surface area contributed by atoms with Crippen molar-refractivity contribution in [3.05, 3.63) is 59.2 Å². The second kappa shape index (κ2) is 8.23. The first-order valence-corrected chi connectivity index (χ1v) is 9.08. The fraction of sp³-hybridized carbons (Fsp3) is 0.176. The minimum Gasteiger partial charge on any atom is -0.452 e. The number of rotatable bonds is 6. The van der Waals surface area contributed by atoms with Gasteiger partial charge in [0.2, 0.25) is 10.0 Å². The molecule has 0 aliphatic heterocycles. The van der Waals surface area contributed by atoms with Gasteiger partial charge < -0.3 is 10.1 Å². The molecule has 0 aliphatic rings. The van der Waals surface area contributed by atoms with E-state index in [1.807, 2.05) is 4.72 Å². The molecule has 27 heavy (non-hydrogen) atoms. The number of halogens is 2. The Morgan fingerprint density at radius 2 is 1.81 bits per heavy atom. The van der Waals surface area contributed by atoms with E-state index in [9.17, 15) is 26.8 Å². The SMILES string of the molecule is CNS(=O)(=O)c1ccc(F)c(C(=O)OCC(=O)Nc2cc(F)ccc2C)c1. The molecule has 1 amide bonds. The Hall–Kier alpha value is -2.85. The van der Waals surface area contributed by atoms with E-state index >= 15 is 0 Å². The van der Waals surface area contributed by atoms with Crippen molar-refractivity contribution in [2.75, 3.05) is 19.0 Å². The molecule has 144 valence electrons. The van der Waals surface area contributed by atoms with Gasteiger partial charge in [-0.2, -0.15) is 0 Å². The van der Waals surface area contributed by atoms with Gasteiger partial charge in [0.05, 0.1) is 10.5 Å². The summed E-state index contributed by atoms with van der Waals surface area (Å²) in [6.07, 6.45) is 0. The first kappa shape index (κ1) is 20.5. The monoisotopic (exact) mass is 398 g/mol. The van der Waals surface area contributed by atoms with Crippen LogP contribution in [-0.2, 0) is 19.6 Å². The Bertz CT molecular complexity index is 993. The van der Waals surface area contributed by atoms with Gasteiger partial charge in [-0.1, -0.05) is 6.07 Å². The van der Waals surface area contributed by atoms with Crippen molar-refractivity contribution in [2.45, 2.75) is 11.8 Å². The Kier molecular flexibility index (Phi) is 6.24. The van der Waals surface area contributed by atoms with Crippen LogP contribution in [-0.4, -0.2) is 33.9 Å². The lowest BCUT2D eigenvalue weighted by Crippen LogP contribution is -2.22. The van der Waals surface area contributed by atoms with E-state index in [-0.39, 0.29) is 10.6 Å². The molecule has 0 bridgehead atoms. The minimum absolute atomic E-state index is 0.198. The Labute approximate surface area is 154 Å². The predicted octanol–water partition coefficient (Wildman–Crippen LogP) is 1.98. The number of ether oxygens (including phenoxy) is 1. The Balaban J connectivity index is 2.08. The van der Waals surface area contributed by atoms with Crippen molar-refractivity contribution in [3.63, 3.8) is 0 Å². The molecule has 2 aromatic rings. The zero-order valence-electron chi connectivity index (χ0n) is 14.4. The first-order chi connectivity index (χ1) is 12.6. The Morgan fingerprint density at radius 1 is 1.11 bits per heavy atom. The van der Waals surface area contributed by atoms with E-state index in [2.05, 4.69) is 5.32 Å². The first-order valence-electron chi connectivity index (χ1n) is 7.60. The van der Waals surface area contributed by atoms with Gasteiger partial charge in [0, 0.05) is 5.69 Å². The van der Waals surface area contributed by atoms with Crippen molar-refractivity contribution in [2.24, 2.45) is 0 Å². The summed E-state index contributed by atoms with van der Waals surface area (Å²) in [6, 6.07) is 6.37. The van der Waals surface area contributed by atoms with Gasteiger partial charge >= 0.3 is 5.97 Å². The lowest BCUT2D eigenvalue weighted by Gasteiger charge is -2.10. The average molecular weight is 398 g/mol. The highest BCUT2D eigenvalue weighted by atomic mass is 32.2. The van der Waals surface area contributed by atoms with Crippen molar-refractivity contribution >= 4 is 27.6 Å². The molecule has 0 saturated heterocycles. The third-order valence-electron chi connectivity index (χ3n) is 3.54. The molecule has 0 heterocycles. The van der Waals surface area contributed by atoms with Crippen molar-refractivity contribution in [1.29, 1.82) is 0 Å². The van der Waals surface area contributed by atoms with Crippen LogP contribution in [0.3, 0.4) is 0 Å². The maximum absolute atomic E-state index is 13.8. The summed E-state index contributed by atoms with van der Waals surface area (Å²) in [7, 11) is -2.73. The highest BCUT2D eigenvalue weighted by Gasteiger charge is 2.20. The fourth-order valence-electron chi connectivity index (χ4n) is 2.07. The second-order valence-electron chi connectivity index (χ2n) is 5.43. The molecule has 0 saturated carbocycles. The zero-order chi connectivity index (χ0) is 20.2. The molecular weight excluding hydrogens is 382 g/mol. The van der Waals surface area contributed by atoms with Crippen LogP contribution < -0.4 is 10.0 Å². The zero-order valence-corrected chi connectivity index (χ0v) is 15.2. The maximum atomic E-state index is 13.8. The van der Waals surface area contributed by atoms with Gasteiger partial charge in [0.1, 0.15) is 11.6 Å². The van der Waals surface area contributed by atoms with Crippen LogP contribution in [0.2, 0.25) is 0 Å². The number of aryl methyl sites for hydroxylation is 1. The van der Waals surface area contributed by atoms with Gasteiger partial charge in [0.25, 0.3) is 5.91 Å². The molecule has 2 rings (SSSR count). The largest absolute Gasteiger partial charge is 0.452 e. The maximum Gasteiger partial charge on any atom is 0.341 e. The van der Waals surface area contributed by atoms with Crippen LogP contribution in [0.1, 0.15) is 15.9 Å². The van der Waals surface area contributed by atoms with Crippen LogP contribution in [0.15, 0.2) is 41.3 Å². The molecule has 0 radical (unpaired) electrons. The van der Waals surface area contributed by atoms with E-state index in [1.54, 1.807) is 6.92 Å². The summed E-state index contributed by atoms with van der Waals surface area (Å²) < 4.78 is 57.2. The molecule has 7 nitrogen and oxygen atoms in total. The number of sulfonamides is 1. The normalized spacial score (nSPS) is 11.1. The summed E-state index contributed by atoms with van der Waals surface area (Å²) >= 11 is 0. The number of hydrogen-bond donors (Lipinski definition) is 2. The van der Waals surface area contributed by atoms with Crippen LogP contribution in [0.4, 0.5) is 14.5 Å².